The number of rotatable bonds is 3. The lowest BCUT2D eigenvalue weighted by Crippen LogP contribution is -2.17. The van der Waals surface area contributed by atoms with Crippen LogP contribution in [0, 0.1) is 13.8 Å². The molecule has 1 N–H and O–H groups in total. The SMILES string of the molecule is Cc1ccc(C(=O)NN=Cc2ccccc2Cl)cc1C. The predicted octanol–water partition coefficient (Wildman–Crippen LogP) is 3.72. The van der Waals surface area contributed by atoms with E-state index in [0.717, 1.165) is 16.7 Å². The summed E-state index contributed by atoms with van der Waals surface area (Å²) in [5.74, 6) is -0.239. The molecule has 3 nitrogen and oxygen atoms in total. The summed E-state index contributed by atoms with van der Waals surface area (Å²) in [7, 11) is 0. The van der Waals surface area contributed by atoms with Crippen molar-refractivity contribution in [1.82, 2.24) is 5.43 Å². The molecule has 0 unspecified atom stereocenters. The fourth-order valence-corrected chi connectivity index (χ4v) is 1.87. The van der Waals surface area contributed by atoms with Gasteiger partial charge in [0.25, 0.3) is 5.91 Å². The van der Waals surface area contributed by atoms with Crippen LogP contribution in [0.4, 0.5) is 0 Å². The van der Waals surface area contributed by atoms with Crippen LogP contribution < -0.4 is 5.43 Å². The smallest absolute Gasteiger partial charge is 0.267 e. The minimum Gasteiger partial charge on any atom is -0.267 e. The molecule has 0 fully saturated rings. The molecule has 0 saturated carbocycles. The molecule has 1 amide bonds. The summed E-state index contributed by atoms with van der Waals surface area (Å²) >= 11 is 5.99. The topological polar surface area (TPSA) is 41.5 Å². The number of hydrogen-bond donors (Lipinski definition) is 1. The predicted molar refractivity (Wildman–Crippen MR) is 82.4 cm³/mol. The average molecular weight is 287 g/mol. The van der Waals surface area contributed by atoms with Gasteiger partial charge in [0.1, 0.15) is 0 Å². The second-order valence-electron chi connectivity index (χ2n) is 4.52. The second-order valence-corrected chi connectivity index (χ2v) is 4.93. The molecule has 2 rings (SSSR count). The summed E-state index contributed by atoms with van der Waals surface area (Å²) in [5.41, 5.74) is 6.07. The molecular weight excluding hydrogens is 272 g/mol. The number of hydrazone groups is 1. The van der Waals surface area contributed by atoms with Crippen molar-refractivity contribution in [3.63, 3.8) is 0 Å². The first-order valence-corrected chi connectivity index (χ1v) is 6.61. The number of carbonyl (C=O) groups is 1. The minimum absolute atomic E-state index is 0.239. The zero-order valence-electron chi connectivity index (χ0n) is 11.4. The Morgan fingerprint density at radius 3 is 2.60 bits per heavy atom. The van der Waals surface area contributed by atoms with Crippen LogP contribution in [-0.4, -0.2) is 12.1 Å². The van der Waals surface area contributed by atoms with E-state index < -0.39 is 0 Å². The van der Waals surface area contributed by atoms with Gasteiger partial charge in [-0.1, -0.05) is 35.9 Å². The van der Waals surface area contributed by atoms with Gasteiger partial charge in [0.15, 0.2) is 0 Å². The molecule has 4 heteroatoms. The number of benzene rings is 2. The number of carbonyl (C=O) groups excluding carboxylic acids is 1. The number of amides is 1. The van der Waals surface area contributed by atoms with Gasteiger partial charge < -0.3 is 0 Å². The molecule has 0 saturated heterocycles. The standard InChI is InChI=1S/C16H15ClN2O/c1-11-7-8-13(9-12(11)2)16(20)19-18-10-14-5-3-4-6-15(14)17/h3-10H,1-2H3,(H,19,20). The summed E-state index contributed by atoms with van der Waals surface area (Å²) in [6.45, 7) is 3.98. The third kappa shape index (κ3) is 3.45. The molecule has 0 heterocycles. The molecule has 0 spiro atoms. The summed E-state index contributed by atoms with van der Waals surface area (Å²) in [6.07, 6.45) is 1.53. The molecule has 20 heavy (non-hydrogen) atoms. The van der Waals surface area contributed by atoms with Crippen molar-refractivity contribution in [3.05, 3.63) is 69.7 Å². The maximum atomic E-state index is 11.9. The first kappa shape index (κ1) is 14.3. The van der Waals surface area contributed by atoms with Crippen LogP contribution in [0.15, 0.2) is 47.6 Å². The van der Waals surface area contributed by atoms with Gasteiger partial charge in [-0.2, -0.15) is 5.10 Å². The van der Waals surface area contributed by atoms with Crippen molar-refractivity contribution in [2.24, 2.45) is 5.10 Å². The van der Waals surface area contributed by atoms with E-state index in [1.54, 1.807) is 12.1 Å². The number of nitrogens with one attached hydrogen (secondary N) is 1. The van der Waals surface area contributed by atoms with Crippen molar-refractivity contribution < 1.29 is 4.79 Å². The van der Waals surface area contributed by atoms with Crippen molar-refractivity contribution in [3.8, 4) is 0 Å². The normalized spacial score (nSPS) is 10.8. The fourth-order valence-electron chi connectivity index (χ4n) is 1.69. The van der Waals surface area contributed by atoms with Gasteiger partial charge in [0.05, 0.1) is 6.21 Å². The molecule has 2 aromatic carbocycles. The summed E-state index contributed by atoms with van der Waals surface area (Å²) in [4.78, 5) is 11.9. The zero-order valence-corrected chi connectivity index (χ0v) is 12.1. The molecule has 0 aliphatic heterocycles. The zero-order chi connectivity index (χ0) is 14.5. The van der Waals surface area contributed by atoms with Crippen molar-refractivity contribution in [1.29, 1.82) is 0 Å². The van der Waals surface area contributed by atoms with Crippen LogP contribution >= 0.6 is 11.6 Å². The Kier molecular flexibility index (Phi) is 4.53. The Morgan fingerprint density at radius 2 is 1.90 bits per heavy atom. The highest BCUT2D eigenvalue weighted by molar-refractivity contribution is 6.33. The van der Waals surface area contributed by atoms with Crippen LogP contribution in [0.5, 0.6) is 0 Å². The van der Waals surface area contributed by atoms with Gasteiger partial charge in [-0.25, -0.2) is 5.43 Å². The summed E-state index contributed by atoms with van der Waals surface area (Å²) < 4.78 is 0. The Morgan fingerprint density at radius 1 is 1.15 bits per heavy atom. The molecule has 0 radical (unpaired) electrons. The highest BCUT2D eigenvalue weighted by atomic mass is 35.5. The van der Waals surface area contributed by atoms with Gasteiger partial charge in [0, 0.05) is 16.1 Å². The van der Waals surface area contributed by atoms with Crippen LogP contribution in [0.3, 0.4) is 0 Å². The fraction of sp³-hybridized carbons (Fsp3) is 0.125. The van der Waals surface area contributed by atoms with E-state index in [-0.39, 0.29) is 5.91 Å². The molecule has 0 atom stereocenters. The first-order chi connectivity index (χ1) is 9.58. The summed E-state index contributed by atoms with van der Waals surface area (Å²) in [5, 5.41) is 4.52. The first-order valence-electron chi connectivity index (χ1n) is 6.23. The monoisotopic (exact) mass is 286 g/mol. The van der Waals surface area contributed by atoms with E-state index in [2.05, 4.69) is 10.5 Å². The third-order valence-electron chi connectivity index (χ3n) is 3.04. The maximum absolute atomic E-state index is 11.9. The van der Waals surface area contributed by atoms with E-state index >= 15 is 0 Å². The maximum Gasteiger partial charge on any atom is 0.271 e. The Bertz CT molecular complexity index is 665. The number of hydrogen-bond acceptors (Lipinski definition) is 2. The van der Waals surface area contributed by atoms with Gasteiger partial charge in [0.2, 0.25) is 0 Å². The lowest BCUT2D eigenvalue weighted by Gasteiger charge is -2.03. The lowest BCUT2D eigenvalue weighted by molar-refractivity contribution is 0.0955. The Labute approximate surface area is 123 Å². The van der Waals surface area contributed by atoms with Gasteiger partial charge in [-0.05, 0) is 43.2 Å². The Balaban J connectivity index is 2.05. The average Bonchev–Trinajstić information content (AvgIpc) is 2.44. The molecule has 0 bridgehead atoms. The van der Waals surface area contributed by atoms with E-state index in [1.807, 2.05) is 44.2 Å². The molecular formula is C16H15ClN2O. The lowest BCUT2D eigenvalue weighted by atomic mass is 10.1. The Hall–Kier alpha value is -2.13. The van der Waals surface area contributed by atoms with Gasteiger partial charge in [-0.15, -0.1) is 0 Å². The molecule has 0 aliphatic carbocycles. The van der Waals surface area contributed by atoms with Crippen LogP contribution in [0.2, 0.25) is 5.02 Å². The minimum atomic E-state index is -0.239. The third-order valence-corrected chi connectivity index (χ3v) is 3.39. The molecule has 102 valence electrons. The second kappa shape index (κ2) is 6.35. The van der Waals surface area contributed by atoms with Crippen LogP contribution in [0.25, 0.3) is 0 Å². The van der Waals surface area contributed by atoms with Crippen molar-refractivity contribution >= 4 is 23.7 Å². The molecule has 0 aliphatic rings. The molecule has 2 aromatic rings. The highest BCUT2D eigenvalue weighted by Crippen LogP contribution is 2.12. The van der Waals surface area contributed by atoms with E-state index in [0.29, 0.717) is 10.6 Å². The van der Waals surface area contributed by atoms with Gasteiger partial charge >= 0.3 is 0 Å². The summed E-state index contributed by atoms with van der Waals surface area (Å²) in [6, 6.07) is 12.8. The van der Waals surface area contributed by atoms with Gasteiger partial charge in [-0.3, -0.25) is 4.79 Å². The number of halogens is 1. The van der Waals surface area contributed by atoms with Crippen molar-refractivity contribution in [2.75, 3.05) is 0 Å². The highest BCUT2D eigenvalue weighted by Gasteiger charge is 2.05. The van der Waals surface area contributed by atoms with E-state index in [1.165, 1.54) is 6.21 Å². The van der Waals surface area contributed by atoms with Crippen LogP contribution in [0.1, 0.15) is 27.0 Å². The largest absolute Gasteiger partial charge is 0.271 e. The van der Waals surface area contributed by atoms with Crippen LogP contribution in [-0.2, 0) is 0 Å². The van der Waals surface area contributed by atoms with E-state index in [9.17, 15) is 4.79 Å². The number of nitrogens with zero attached hydrogens (tertiary/aromatic N) is 1. The van der Waals surface area contributed by atoms with Crippen molar-refractivity contribution in [2.45, 2.75) is 13.8 Å². The van der Waals surface area contributed by atoms with E-state index in [4.69, 9.17) is 11.6 Å². The quantitative estimate of drug-likeness (QED) is 0.678. The number of aryl methyl sites for hydroxylation is 2. The molecule has 0 aromatic heterocycles.